The zero-order chi connectivity index (χ0) is 44.3. The Morgan fingerprint density at radius 3 is 2.19 bits per heavy atom. The Kier molecular flexibility index (Phi) is 18.9. The van der Waals surface area contributed by atoms with Crippen molar-refractivity contribution in [1.82, 2.24) is 35.8 Å². The third-order valence-corrected chi connectivity index (χ3v) is 9.72. The van der Waals surface area contributed by atoms with Crippen LogP contribution in [0.5, 0.6) is 0 Å². The number of anilines is 3. The second-order valence-electron chi connectivity index (χ2n) is 16.0. The molecule has 2 fully saturated rings. The normalized spacial score (nSPS) is 16.1. The summed E-state index contributed by atoms with van der Waals surface area (Å²) in [5.41, 5.74) is 1.02. The van der Waals surface area contributed by atoms with E-state index in [1.807, 2.05) is 32.9 Å². The van der Waals surface area contributed by atoms with Crippen molar-refractivity contribution in [3.8, 4) is 0 Å². The number of hydrogen-bond donors (Lipinski definition) is 6. The Hall–Kier alpha value is -5.12. The van der Waals surface area contributed by atoms with Crippen LogP contribution >= 0.6 is 0 Å². The molecule has 20 heteroatoms. The number of halogens is 1. The molecule has 4 amide bonds. The van der Waals surface area contributed by atoms with Gasteiger partial charge in [0.2, 0.25) is 11.8 Å². The molecule has 1 saturated heterocycles. The smallest absolute Gasteiger partial charge is 0.256 e. The lowest BCUT2D eigenvalue weighted by Gasteiger charge is -2.33. The third kappa shape index (κ3) is 16.3. The zero-order valence-corrected chi connectivity index (χ0v) is 35.7. The van der Waals surface area contributed by atoms with Crippen molar-refractivity contribution in [1.29, 1.82) is 0 Å². The molecule has 6 N–H and O–H groups in total. The van der Waals surface area contributed by atoms with Crippen molar-refractivity contribution < 1.29 is 52.4 Å². The highest BCUT2D eigenvalue weighted by Gasteiger charge is 2.38. The molecule has 3 aromatic heterocycles. The summed E-state index contributed by atoms with van der Waals surface area (Å²) in [5.74, 6) is -1.00. The first-order chi connectivity index (χ1) is 29.9. The SMILES string of the molecule is CC(C)(C)[C@H](NC(=O)COCCOCCOCCOCCOCCNC(=O)C(F)CNC(=O)c1cnc(Nc2ccc3cnccc3n2)cc1NC1CC1)C(=O)N1CC[C@@H](O)C1. The van der Waals surface area contributed by atoms with Gasteiger partial charge in [-0.1, -0.05) is 20.8 Å². The largest absolute Gasteiger partial charge is 0.391 e. The summed E-state index contributed by atoms with van der Waals surface area (Å²) in [6.07, 6.45) is 4.75. The van der Waals surface area contributed by atoms with E-state index in [9.17, 15) is 28.7 Å². The number of fused-ring (bicyclic) bond motifs is 1. The Labute approximate surface area is 360 Å². The number of nitrogens with one attached hydrogen (secondary N) is 5. The standard InChI is InChI=1S/C42H60FN9O10/c1-42(2,3)38(41(57)52-12-9-30(53)26-52)51-37(54)27-62-21-20-61-19-18-60-17-16-59-15-14-58-13-11-45-40(56)32(43)25-47-39(55)31-24-46-36(22-34(31)48-29-5-6-29)50-35-7-4-28-23-44-10-8-33(28)49-35/h4,7-8,10,22-24,29-30,32,38,53H,5-6,9,11-21,25-27H2,1-3H3,(H,45,56)(H,47,55)(H,51,54)(H2,46,48,49,50)/t30-,32?,38-/m1/s1. The predicted molar refractivity (Wildman–Crippen MR) is 227 cm³/mol. The molecule has 19 nitrogen and oxygen atoms in total. The molecule has 0 bridgehead atoms. The van der Waals surface area contributed by atoms with Crippen LogP contribution in [-0.4, -0.2) is 165 Å². The van der Waals surface area contributed by atoms with E-state index in [1.54, 1.807) is 29.4 Å². The summed E-state index contributed by atoms with van der Waals surface area (Å²) < 4.78 is 41.9. The molecule has 62 heavy (non-hydrogen) atoms. The number of aliphatic hydroxyl groups is 1. The number of amides is 4. The van der Waals surface area contributed by atoms with Crippen molar-refractivity contribution in [3.05, 3.63) is 48.4 Å². The fraction of sp³-hybridized carbons (Fsp3) is 0.595. The van der Waals surface area contributed by atoms with E-state index in [1.165, 1.54) is 6.20 Å². The van der Waals surface area contributed by atoms with E-state index in [4.69, 9.17) is 23.7 Å². The predicted octanol–water partition coefficient (Wildman–Crippen LogP) is 1.73. The molecule has 0 radical (unpaired) electrons. The monoisotopic (exact) mass is 869 g/mol. The maximum absolute atomic E-state index is 14.7. The van der Waals surface area contributed by atoms with Crippen LogP contribution in [0, 0.1) is 5.41 Å². The number of alkyl halides is 1. The lowest BCUT2D eigenvalue weighted by molar-refractivity contribution is -0.140. The minimum atomic E-state index is -1.97. The van der Waals surface area contributed by atoms with E-state index >= 15 is 0 Å². The average Bonchev–Trinajstić information content (AvgIpc) is 3.96. The van der Waals surface area contributed by atoms with E-state index in [2.05, 4.69) is 41.5 Å². The number of likely N-dealkylation sites (tertiary alicyclic amines) is 1. The van der Waals surface area contributed by atoms with Crippen LogP contribution in [0.4, 0.5) is 21.7 Å². The minimum absolute atomic E-state index is 0.0787. The fourth-order valence-corrected chi connectivity index (χ4v) is 6.19. The maximum Gasteiger partial charge on any atom is 0.256 e. The molecule has 4 heterocycles. The van der Waals surface area contributed by atoms with Gasteiger partial charge in [-0.15, -0.1) is 0 Å². The van der Waals surface area contributed by atoms with E-state index in [0.717, 1.165) is 23.7 Å². The van der Waals surface area contributed by atoms with Crippen LogP contribution in [0.3, 0.4) is 0 Å². The van der Waals surface area contributed by atoms with Gasteiger partial charge in [-0.3, -0.25) is 24.2 Å². The topological polar surface area (TPSA) is 237 Å². The highest BCUT2D eigenvalue weighted by molar-refractivity contribution is 6.00. The summed E-state index contributed by atoms with van der Waals surface area (Å²) in [5, 5.41) is 24.9. The number of β-amino-alcohol motifs (C(OH)–C–C–N with tert-alkyl or cyclic N) is 1. The van der Waals surface area contributed by atoms with Gasteiger partial charge in [0.25, 0.3) is 11.8 Å². The first kappa shape index (κ1) is 47.9. The van der Waals surface area contributed by atoms with Gasteiger partial charge in [0.15, 0.2) is 6.17 Å². The van der Waals surface area contributed by atoms with Gasteiger partial charge in [-0.2, -0.15) is 0 Å². The molecule has 1 saturated carbocycles. The molecule has 3 atom stereocenters. The lowest BCUT2D eigenvalue weighted by Crippen LogP contribution is -2.55. The summed E-state index contributed by atoms with van der Waals surface area (Å²) in [6, 6.07) is 6.70. The summed E-state index contributed by atoms with van der Waals surface area (Å²) >= 11 is 0. The van der Waals surface area contributed by atoms with E-state index in [-0.39, 0.29) is 63.6 Å². The van der Waals surface area contributed by atoms with Crippen molar-refractivity contribution in [2.45, 2.75) is 64.4 Å². The van der Waals surface area contributed by atoms with Gasteiger partial charge in [0.1, 0.15) is 24.3 Å². The van der Waals surface area contributed by atoms with Gasteiger partial charge in [0.05, 0.1) is 88.9 Å². The molecule has 5 rings (SSSR count). The summed E-state index contributed by atoms with van der Waals surface area (Å²) in [4.78, 5) is 65.3. The number of carbonyl (C=O) groups excluding carboxylic acids is 4. The zero-order valence-electron chi connectivity index (χ0n) is 35.7. The molecule has 0 aromatic carbocycles. The maximum atomic E-state index is 14.7. The number of aliphatic hydroxyl groups excluding tert-OH is 1. The van der Waals surface area contributed by atoms with Crippen LogP contribution in [-0.2, 0) is 38.1 Å². The molecule has 1 aliphatic heterocycles. The van der Waals surface area contributed by atoms with Crippen LogP contribution < -0.4 is 26.6 Å². The summed E-state index contributed by atoms with van der Waals surface area (Å²) in [7, 11) is 0. The number of nitrogens with zero attached hydrogens (tertiary/aromatic N) is 4. The number of ether oxygens (including phenoxy) is 5. The van der Waals surface area contributed by atoms with Crippen LogP contribution in [0.25, 0.3) is 10.9 Å². The molecule has 1 aliphatic carbocycles. The molecular formula is C42H60FN9O10. The Morgan fingerprint density at radius 2 is 1.55 bits per heavy atom. The Balaban J connectivity index is 0.837. The molecular weight excluding hydrogens is 810 g/mol. The summed E-state index contributed by atoms with van der Waals surface area (Å²) in [6.45, 7) is 8.19. The molecule has 0 spiro atoms. The first-order valence-electron chi connectivity index (χ1n) is 21.0. The van der Waals surface area contributed by atoms with Gasteiger partial charge in [0, 0.05) is 55.7 Å². The molecule has 2 aliphatic rings. The Morgan fingerprint density at radius 1 is 0.871 bits per heavy atom. The second-order valence-corrected chi connectivity index (χ2v) is 16.0. The number of pyridine rings is 3. The average molecular weight is 870 g/mol. The van der Waals surface area contributed by atoms with Gasteiger partial charge in [-0.05, 0) is 42.9 Å². The molecule has 3 aromatic rings. The third-order valence-electron chi connectivity index (χ3n) is 9.72. The second kappa shape index (κ2) is 24.5. The van der Waals surface area contributed by atoms with Gasteiger partial charge >= 0.3 is 0 Å². The Bertz CT molecular complexity index is 1920. The number of carbonyl (C=O) groups is 4. The quantitative estimate of drug-likeness (QED) is 0.0599. The fourth-order valence-electron chi connectivity index (χ4n) is 6.19. The van der Waals surface area contributed by atoms with E-state index < -0.39 is 48.0 Å². The lowest BCUT2D eigenvalue weighted by atomic mass is 9.85. The van der Waals surface area contributed by atoms with E-state index in [0.29, 0.717) is 63.3 Å². The highest BCUT2D eigenvalue weighted by atomic mass is 19.1. The van der Waals surface area contributed by atoms with Crippen molar-refractivity contribution in [2.24, 2.45) is 5.41 Å². The minimum Gasteiger partial charge on any atom is -0.391 e. The van der Waals surface area contributed by atoms with Crippen LogP contribution in [0.1, 0.15) is 50.4 Å². The van der Waals surface area contributed by atoms with Crippen molar-refractivity contribution in [2.75, 3.05) is 103 Å². The van der Waals surface area contributed by atoms with Gasteiger partial charge < -0.3 is 60.3 Å². The number of aromatic nitrogens is 3. The molecule has 1 unspecified atom stereocenters. The van der Waals surface area contributed by atoms with Crippen LogP contribution in [0.15, 0.2) is 42.9 Å². The highest BCUT2D eigenvalue weighted by Crippen LogP contribution is 2.29. The number of hydrogen-bond acceptors (Lipinski definition) is 15. The van der Waals surface area contributed by atoms with Crippen molar-refractivity contribution in [3.63, 3.8) is 0 Å². The molecule has 340 valence electrons. The first-order valence-corrected chi connectivity index (χ1v) is 21.0. The van der Waals surface area contributed by atoms with Crippen molar-refractivity contribution >= 4 is 51.9 Å². The number of rotatable bonds is 27. The van der Waals surface area contributed by atoms with Gasteiger partial charge in [-0.25, -0.2) is 14.4 Å². The van der Waals surface area contributed by atoms with Crippen LogP contribution in [0.2, 0.25) is 0 Å².